The first-order chi connectivity index (χ1) is 4.18. The molecule has 0 aromatic carbocycles. The third kappa shape index (κ3) is 9.64. The van der Waals surface area contributed by atoms with Gasteiger partial charge in [-0.25, -0.2) is 0 Å². The summed E-state index contributed by atoms with van der Waals surface area (Å²) in [6, 6.07) is -0.742. The summed E-state index contributed by atoms with van der Waals surface area (Å²) >= 11 is 0. The van der Waals surface area contributed by atoms with Gasteiger partial charge in [-0.15, -0.1) is 12.4 Å². The smallest absolute Gasteiger partial charge is 0.320 e. The lowest BCUT2D eigenvalue weighted by molar-refractivity contribution is -0.138. The van der Waals surface area contributed by atoms with Gasteiger partial charge >= 0.3 is 5.97 Å². The third-order valence-electron chi connectivity index (χ3n) is 1.04. The van der Waals surface area contributed by atoms with E-state index in [4.69, 9.17) is 16.6 Å². The van der Waals surface area contributed by atoms with Gasteiger partial charge in [-0.05, 0) is 19.4 Å². The van der Waals surface area contributed by atoms with Crippen molar-refractivity contribution in [2.75, 3.05) is 6.54 Å². The summed E-state index contributed by atoms with van der Waals surface area (Å²) in [6.07, 6.45) is 1.14. The van der Waals surface area contributed by atoms with E-state index in [1.54, 1.807) is 0 Å². The highest BCUT2D eigenvalue weighted by atomic mass is 35.5. The van der Waals surface area contributed by atoms with Gasteiger partial charge in [-0.2, -0.15) is 0 Å². The Labute approximate surface area is 71.5 Å². The van der Waals surface area contributed by atoms with E-state index in [-0.39, 0.29) is 17.9 Å². The van der Waals surface area contributed by atoms with Gasteiger partial charge in [0.2, 0.25) is 0 Å². The van der Waals surface area contributed by atoms with Gasteiger partial charge in [0, 0.05) is 0 Å². The summed E-state index contributed by atoms with van der Waals surface area (Å²) in [7, 11) is 0. The molecule has 0 aliphatic rings. The minimum absolute atomic E-state index is 0. The summed E-state index contributed by atoms with van der Waals surface area (Å²) in [5.74, 6) is -0.955. The average molecular weight is 187 g/mol. The van der Waals surface area contributed by atoms with Crippen LogP contribution in [-0.4, -0.2) is 29.1 Å². The highest BCUT2D eigenvalue weighted by Crippen LogP contribution is 1.91. The van der Waals surface area contributed by atoms with Crippen LogP contribution in [0.15, 0.2) is 0 Å². The van der Waals surface area contributed by atoms with Crippen molar-refractivity contribution < 1.29 is 15.4 Å². The molecule has 0 aromatic heterocycles. The zero-order valence-corrected chi connectivity index (χ0v) is 6.93. The molecule has 0 bridgehead atoms. The first-order valence-electron chi connectivity index (χ1n) is 2.87. The van der Waals surface area contributed by atoms with E-state index in [1.807, 2.05) is 0 Å². The highest BCUT2D eigenvalue weighted by molar-refractivity contribution is 5.85. The molecule has 11 heavy (non-hydrogen) atoms. The second kappa shape index (κ2) is 9.64. The van der Waals surface area contributed by atoms with Gasteiger partial charge in [-0.3, -0.25) is 4.79 Å². The number of hydrogen-bond acceptors (Lipinski definition) is 3. The molecule has 0 aromatic rings. The van der Waals surface area contributed by atoms with Crippen molar-refractivity contribution in [1.29, 1.82) is 0 Å². The summed E-state index contributed by atoms with van der Waals surface area (Å²) in [5, 5.41) is 8.24. The van der Waals surface area contributed by atoms with E-state index in [9.17, 15) is 4.79 Å². The molecule has 0 radical (unpaired) electrons. The van der Waals surface area contributed by atoms with E-state index in [1.165, 1.54) is 0 Å². The molecule has 0 aliphatic heterocycles. The van der Waals surface area contributed by atoms with Crippen LogP contribution in [0, 0.1) is 0 Å². The number of halogens is 1. The number of carbonyl (C=O) groups is 1. The third-order valence-corrected chi connectivity index (χ3v) is 1.04. The average Bonchev–Trinajstić information content (AvgIpc) is 1.82. The topological polar surface area (TPSA) is 121 Å². The van der Waals surface area contributed by atoms with Crippen LogP contribution < -0.4 is 11.5 Å². The van der Waals surface area contributed by atoms with Crippen molar-refractivity contribution in [3.8, 4) is 0 Å². The van der Waals surface area contributed by atoms with Crippen LogP contribution in [0.2, 0.25) is 0 Å². The van der Waals surface area contributed by atoms with Gasteiger partial charge < -0.3 is 22.1 Å². The molecule has 0 aliphatic carbocycles. The standard InChI is InChI=1S/C5H12N2O2.ClH.H2O/c6-3-1-2-4(7)5(8)9;;/h4H,1-3,6-7H2,(H,8,9);1H;1H2/t4-;;/m1../s1. The van der Waals surface area contributed by atoms with E-state index < -0.39 is 12.0 Å². The molecular weight excluding hydrogens is 172 g/mol. The molecule has 0 saturated carbocycles. The second-order valence-corrected chi connectivity index (χ2v) is 1.88. The van der Waals surface area contributed by atoms with E-state index in [2.05, 4.69) is 0 Å². The predicted molar refractivity (Wildman–Crippen MR) is 44.8 cm³/mol. The van der Waals surface area contributed by atoms with Crippen LogP contribution in [0.1, 0.15) is 12.8 Å². The SMILES string of the molecule is Cl.NCCC[C@@H](N)C(=O)O.O. The number of carboxylic acids is 1. The van der Waals surface area contributed by atoms with Gasteiger partial charge in [0.1, 0.15) is 6.04 Å². The number of nitrogens with two attached hydrogens (primary N) is 2. The van der Waals surface area contributed by atoms with Crippen molar-refractivity contribution in [1.82, 2.24) is 0 Å². The summed E-state index contributed by atoms with van der Waals surface area (Å²) in [6.45, 7) is 0.501. The maximum absolute atomic E-state index is 10.0. The fourth-order valence-electron chi connectivity index (χ4n) is 0.461. The van der Waals surface area contributed by atoms with Gasteiger partial charge in [0.15, 0.2) is 0 Å². The highest BCUT2D eigenvalue weighted by Gasteiger charge is 2.08. The maximum atomic E-state index is 10.0. The predicted octanol–water partition coefficient (Wildman–Crippen LogP) is -1.27. The van der Waals surface area contributed by atoms with Crippen LogP contribution in [0.5, 0.6) is 0 Å². The van der Waals surface area contributed by atoms with E-state index >= 15 is 0 Å². The lowest BCUT2D eigenvalue weighted by Gasteiger charge is -2.02. The van der Waals surface area contributed by atoms with Gasteiger partial charge in [0.05, 0.1) is 0 Å². The first-order valence-corrected chi connectivity index (χ1v) is 2.87. The molecule has 0 rings (SSSR count). The Morgan fingerprint density at radius 1 is 1.55 bits per heavy atom. The largest absolute Gasteiger partial charge is 0.480 e. The molecule has 0 saturated heterocycles. The lowest BCUT2D eigenvalue weighted by atomic mass is 10.2. The Morgan fingerprint density at radius 3 is 2.27 bits per heavy atom. The molecule has 7 N–H and O–H groups in total. The number of hydrogen-bond donors (Lipinski definition) is 3. The molecule has 0 fully saturated rings. The zero-order chi connectivity index (χ0) is 7.28. The van der Waals surface area contributed by atoms with Crippen molar-refractivity contribution in [3.05, 3.63) is 0 Å². The molecule has 0 unspecified atom stereocenters. The number of rotatable bonds is 4. The molecule has 5 nitrogen and oxygen atoms in total. The Balaban J connectivity index is -0.000000320. The first kappa shape index (κ1) is 16.9. The Hall–Kier alpha value is -0.360. The monoisotopic (exact) mass is 186 g/mol. The van der Waals surface area contributed by atoms with Crippen molar-refractivity contribution >= 4 is 18.4 Å². The van der Waals surface area contributed by atoms with E-state index in [0.717, 1.165) is 0 Å². The molecule has 1 atom stereocenters. The number of carboxylic acid groups (broad SMARTS) is 1. The van der Waals surface area contributed by atoms with Crippen LogP contribution in [0.4, 0.5) is 0 Å². The Kier molecular flexibility index (Phi) is 14.8. The van der Waals surface area contributed by atoms with Crippen molar-refractivity contribution in [2.24, 2.45) is 11.5 Å². The summed E-state index contributed by atoms with van der Waals surface area (Å²) in [5.41, 5.74) is 10.3. The Morgan fingerprint density at radius 2 is 2.00 bits per heavy atom. The molecule has 0 amide bonds. The Bertz CT molecular complexity index is 102. The van der Waals surface area contributed by atoms with Crippen molar-refractivity contribution in [3.63, 3.8) is 0 Å². The fraction of sp³-hybridized carbons (Fsp3) is 0.800. The minimum Gasteiger partial charge on any atom is -0.480 e. The number of aliphatic carboxylic acids is 1. The van der Waals surface area contributed by atoms with Crippen LogP contribution in [0.3, 0.4) is 0 Å². The molecule has 6 heteroatoms. The molecular formula is C5H15ClN2O3. The van der Waals surface area contributed by atoms with Crippen LogP contribution in [-0.2, 0) is 4.79 Å². The molecule has 70 valence electrons. The normalized spacial score (nSPS) is 10.7. The summed E-state index contributed by atoms with van der Waals surface area (Å²) < 4.78 is 0. The van der Waals surface area contributed by atoms with E-state index in [0.29, 0.717) is 19.4 Å². The quantitative estimate of drug-likeness (QED) is 0.507. The minimum atomic E-state index is -0.955. The van der Waals surface area contributed by atoms with Crippen LogP contribution >= 0.6 is 12.4 Å². The fourth-order valence-corrected chi connectivity index (χ4v) is 0.461. The maximum Gasteiger partial charge on any atom is 0.320 e. The molecule has 0 spiro atoms. The lowest BCUT2D eigenvalue weighted by Crippen LogP contribution is -2.30. The second-order valence-electron chi connectivity index (χ2n) is 1.88. The summed E-state index contributed by atoms with van der Waals surface area (Å²) in [4.78, 5) is 10.0. The van der Waals surface area contributed by atoms with Gasteiger partial charge in [0.25, 0.3) is 0 Å². The van der Waals surface area contributed by atoms with Crippen LogP contribution in [0.25, 0.3) is 0 Å². The molecule has 0 heterocycles. The van der Waals surface area contributed by atoms with Crippen molar-refractivity contribution in [2.45, 2.75) is 18.9 Å². The van der Waals surface area contributed by atoms with Gasteiger partial charge in [-0.1, -0.05) is 0 Å². The zero-order valence-electron chi connectivity index (χ0n) is 6.12.